The molecule has 0 radical (unpaired) electrons. The second-order valence-corrected chi connectivity index (χ2v) is 3.74. The van der Waals surface area contributed by atoms with E-state index in [1.165, 1.54) is 5.56 Å². The summed E-state index contributed by atoms with van der Waals surface area (Å²) in [5.74, 6) is 0. The van der Waals surface area contributed by atoms with E-state index in [4.69, 9.17) is 4.84 Å². The molecule has 2 nitrogen and oxygen atoms in total. The number of hydrogen-bond acceptors (Lipinski definition) is 2. The van der Waals surface area contributed by atoms with Gasteiger partial charge >= 0.3 is 0 Å². The SMILES string of the molecule is CCON[C@@H](C)c1ccc(Br)cc1. The molecule has 0 heterocycles. The average molecular weight is 244 g/mol. The van der Waals surface area contributed by atoms with Crippen molar-refractivity contribution in [2.75, 3.05) is 6.61 Å². The number of hydroxylamine groups is 1. The van der Waals surface area contributed by atoms with Gasteiger partial charge in [-0.2, -0.15) is 5.48 Å². The van der Waals surface area contributed by atoms with E-state index >= 15 is 0 Å². The van der Waals surface area contributed by atoms with Crippen LogP contribution < -0.4 is 5.48 Å². The van der Waals surface area contributed by atoms with Gasteiger partial charge in [0.05, 0.1) is 12.6 Å². The molecule has 3 heteroatoms. The van der Waals surface area contributed by atoms with Crippen LogP contribution in [0.25, 0.3) is 0 Å². The van der Waals surface area contributed by atoms with Crippen molar-refractivity contribution in [3.05, 3.63) is 34.3 Å². The summed E-state index contributed by atoms with van der Waals surface area (Å²) >= 11 is 3.40. The lowest BCUT2D eigenvalue weighted by atomic mass is 10.1. The predicted molar refractivity (Wildman–Crippen MR) is 57.3 cm³/mol. The van der Waals surface area contributed by atoms with Crippen molar-refractivity contribution in [2.24, 2.45) is 0 Å². The Morgan fingerprint density at radius 3 is 2.54 bits per heavy atom. The molecule has 1 N–H and O–H groups in total. The Balaban J connectivity index is 2.55. The van der Waals surface area contributed by atoms with E-state index in [9.17, 15) is 0 Å². The second-order valence-electron chi connectivity index (χ2n) is 2.82. The standard InChI is InChI=1S/C10H14BrNO/c1-3-13-12-8(2)9-4-6-10(11)7-5-9/h4-8,12H,3H2,1-2H3/t8-/m0/s1. The average Bonchev–Trinajstić information content (AvgIpc) is 2.15. The third-order valence-corrected chi connectivity index (χ3v) is 2.30. The third-order valence-electron chi connectivity index (χ3n) is 1.77. The monoisotopic (exact) mass is 243 g/mol. The second kappa shape index (κ2) is 5.37. The summed E-state index contributed by atoms with van der Waals surface area (Å²) in [5.41, 5.74) is 4.17. The summed E-state index contributed by atoms with van der Waals surface area (Å²) in [6.07, 6.45) is 0. The van der Waals surface area contributed by atoms with E-state index in [0.717, 1.165) is 4.47 Å². The van der Waals surface area contributed by atoms with E-state index in [2.05, 4.69) is 40.5 Å². The van der Waals surface area contributed by atoms with Crippen LogP contribution in [-0.4, -0.2) is 6.61 Å². The highest BCUT2D eigenvalue weighted by atomic mass is 79.9. The lowest BCUT2D eigenvalue weighted by Crippen LogP contribution is -2.18. The molecule has 13 heavy (non-hydrogen) atoms. The zero-order valence-corrected chi connectivity index (χ0v) is 9.47. The zero-order valence-electron chi connectivity index (χ0n) is 7.88. The number of hydrogen-bond donors (Lipinski definition) is 1. The Hall–Kier alpha value is -0.380. The highest BCUT2D eigenvalue weighted by Crippen LogP contribution is 2.16. The van der Waals surface area contributed by atoms with Gasteiger partial charge in [0.1, 0.15) is 0 Å². The summed E-state index contributed by atoms with van der Waals surface area (Å²) in [4.78, 5) is 5.12. The minimum absolute atomic E-state index is 0.230. The summed E-state index contributed by atoms with van der Waals surface area (Å²) in [6.45, 7) is 4.71. The maximum atomic E-state index is 5.12. The quantitative estimate of drug-likeness (QED) is 0.822. The fourth-order valence-corrected chi connectivity index (χ4v) is 1.29. The molecule has 0 unspecified atom stereocenters. The maximum absolute atomic E-state index is 5.12. The van der Waals surface area contributed by atoms with Crippen molar-refractivity contribution in [2.45, 2.75) is 19.9 Å². The van der Waals surface area contributed by atoms with Crippen molar-refractivity contribution in [3.8, 4) is 0 Å². The number of rotatable bonds is 4. The van der Waals surface area contributed by atoms with Crippen LogP contribution in [-0.2, 0) is 4.84 Å². The Labute approximate surface area is 87.4 Å². The molecule has 72 valence electrons. The lowest BCUT2D eigenvalue weighted by Gasteiger charge is -2.12. The number of benzene rings is 1. The lowest BCUT2D eigenvalue weighted by molar-refractivity contribution is 0.0285. The number of nitrogens with one attached hydrogen (secondary N) is 1. The first-order valence-corrected chi connectivity index (χ1v) is 5.16. The van der Waals surface area contributed by atoms with Crippen LogP contribution in [0.1, 0.15) is 25.5 Å². The molecule has 0 aromatic heterocycles. The van der Waals surface area contributed by atoms with E-state index in [-0.39, 0.29) is 6.04 Å². The van der Waals surface area contributed by atoms with Crippen LogP contribution in [0.15, 0.2) is 28.7 Å². The molecule has 0 spiro atoms. The molecule has 1 atom stereocenters. The largest absolute Gasteiger partial charge is 0.302 e. The van der Waals surface area contributed by atoms with Gasteiger partial charge in [0, 0.05) is 4.47 Å². The maximum Gasteiger partial charge on any atom is 0.0654 e. The van der Waals surface area contributed by atoms with Crippen LogP contribution >= 0.6 is 15.9 Å². The first-order valence-electron chi connectivity index (χ1n) is 4.36. The van der Waals surface area contributed by atoms with Crippen molar-refractivity contribution in [1.82, 2.24) is 5.48 Å². The molecule has 0 fully saturated rings. The molecule has 0 saturated carbocycles. The fourth-order valence-electron chi connectivity index (χ4n) is 1.03. The first kappa shape index (κ1) is 10.7. The van der Waals surface area contributed by atoms with E-state index in [1.54, 1.807) is 0 Å². The van der Waals surface area contributed by atoms with Crippen LogP contribution in [0.4, 0.5) is 0 Å². The topological polar surface area (TPSA) is 21.3 Å². The van der Waals surface area contributed by atoms with Crippen molar-refractivity contribution in [3.63, 3.8) is 0 Å². The highest BCUT2D eigenvalue weighted by Gasteiger charge is 2.03. The smallest absolute Gasteiger partial charge is 0.0654 e. The van der Waals surface area contributed by atoms with Gasteiger partial charge in [-0.05, 0) is 31.5 Å². The van der Waals surface area contributed by atoms with Crippen LogP contribution in [0, 0.1) is 0 Å². The van der Waals surface area contributed by atoms with Crippen LogP contribution in [0.3, 0.4) is 0 Å². The molecule has 0 amide bonds. The molecule has 0 aliphatic heterocycles. The predicted octanol–water partition coefficient (Wildman–Crippen LogP) is 3.05. The van der Waals surface area contributed by atoms with Crippen LogP contribution in [0.2, 0.25) is 0 Å². The van der Waals surface area contributed by atoms with Gasteiger partial charge in [-0.15, -0.1) is 0 Å². The highest BCUT2D eigenvalue weighted by molar-refractivity contribution is 9.10. The van der Waals surface area contributed by atoms with Crippen molar-refractivity contribution in [1.29, 1.82) is 0 Å². The van der Waals surface area contributed by atoms with E-state index in [0.29, 0.717) is 6.61 Å². The van der Waals surface area contributed by atoms with Gasteiger partial charge in [-0.3, -0.25) is 0 Å². The van der Waals surface area contributed by atoms with E-state index < -0.39 is 0 Å². The Bertz CT molecular complexity index is 248. The van der Waals surface area contributed by atoms with Gasteiger partial charge in [-0.25, -0.2) is 0 Å². The molecular weight excluding hydrogens is 230 g/mol. The number of halogens is 1. The summed E-state index contributed by atoms with van der Waals surface area (Å²) in [5, 5.41) is 0. The zero-order chi connectivity index (χ0) is 9.68. The minimum Gasteiger partial charge on any atom is -0.302 e. The van der Waals surface area contributed by atoms with Gasteiger partial charge in [0.15, 0.2) is 0 Å². The molecular formula is C10H14BrNO. The van der Waals surface area contributed by atoms with Gasteiger partial charge < -0.3 is 4.84 Å². The summed E-state index contributed by atoms with van der Waals surface area (Å²) in [6, 6.07) is 8.42. The molecule has 1 aromatic carbocycles. The van der Waals surface area contributed by atoms with Crippen molar-refractivity contribution < 1.29 is 4.84 Å². The van der Waals surface area contributed by atoms with Gasteiger partial charge in [0.25, 0.3) is 0 Å². The van der Waals surface area contributed by atoms with Crippen molar-refractivity contribution >= 4 is 15.9 Å². The summed E-state index contributed by atoms with van der Waals surface area (Å²) < 4.78 is 1.10. The molecule has 1 aromatic rings. The Morgan fingerprint density at radius 1 is 1.38 bits per heavy atom. The molecule has 0 saturated heterocycles. The van der Waals surface area contributed by atoms with Gasteiger partial charge in [-0.1, -0.05) is 28.1 Å². The molecule has 1 rings (SSSR count). The first-order chi connectivity index (χ1) is 6.24. The Morgan fingerprint density at radius 2 is 2.00 bits per heavy atom. The summed E-state index contributed by atoms with van der Waals surface area (Å²) in [7, 11) is 0. The normalized spacial score (nSPS) is 12.8. The fraction of sp³-hybridized carbons (Fsp3) is 0.400. The minimum atomic E-state index is 0.230. The van der Waals surface area contributed by atoms with Gasteiger partial charge in [0.2, 0.25) is 0 Å². The van der Waals surface area contributed by atoms with E-state index in [1.807, 2.05) is 19.1 Å². The molecule has 0 aliphatic rings. The molecule has 0 aliphatic carbocycles. The Kier molecular flexibility index (Phi) is 4.42. The third kappa shape index (κ3) is 3.46. The van der Waals surface area contributed by atoms with Crippen LogP contribution in [0.5, 0.6) is 0 Å². The molecule has 0 bridgehead atoms.